The number of alkyl halides is 1. The van der Waals surface area contributed by atoms with E-state index in [1.807, 2.05) is 42.3 Å². The van der Waals surface area contributed by atoms with E-state index < -0.39 is 0 Å². The van der Waals surface area contributed by atoms with Gasteiger partial charge in [-0.15, -0.1) is 0 Å². The van der Waals surface area contributed by atoms with Crippen LogP contribution < -0.4 is 4.74 Å². The highest BCUT2D eigenvalue weighted by molar-refractivity contribution is 9.09. The number of halogens is 3. The van der Waals surface area contributed by atoms with E-state index in [9.17, 15) is 4.79 Å². The molecule has 4 rings (SSSR count). The van der Waals surface area contributed by atoms with Crippen LogP contribution in [0.4, 0.5) is 0 Å². The van der Waals surface area contributed by atoms with Crippen LogP contribution in [-0.4, -0.2) is 45.8 Å². The molecule has 0 spiro atoms. The van der Waals surface area contributed by atoms with E-state index in [-0.39, 0.29) is 11.9 Å². The highest BCUT2D eigenvalue weighted by Crippen LogP contribution is 2.43. The van der Waals surface area contributed by atoms with Crippen molar-refractivity contribution in [3.8, 4) is 16.9 Å². The molecule has 1 saturated heterocycles. The number of amides is 1. The summed E-state index contributed by atoms with van der Waals surface area (Å²) in [4.78, 5) is 23.5. The van der Waals surface area contributed by atoms with Gasteiger partial charge in [0.1, 0.15) is 11.6 Å². The first-order valence-electron chi connectivity index (χ1n) is 11.2. The molecule has 0 aliphatic carbocycles. The molecule has 0 bridgehead atoms. The van der Waals surface area contributed by atoms with Gasteiger partial charge in [0.15, 0.2) is 0 Å². The van der Waals surface area contributed by atoms with Crippen LogP contribution in [0.5, 0.6) is 5.75 Å². The maximum atomic E-state index is 12.2. The van der Waals surface area contributed by atoms with E-state index >= 15 is 0 Å². The number of hydrogen-bond acceptors (Lipinski definition) is 4. The van der Waals surface area contributed by atoms with Gasteiger partial charge in [-0.05, 0) is 54.2 Å². The molecule has 0 saturated carbocycles. The van der Waals surface area contributed by atoms with Crippen molar-refractivity contribution in [2.75, 3.05) is 19.0 Å². The summed E-state index contributed by atoms with van der Waals surface area (Å²) in [5.74, 6) is 1.66. The number of methoxy groups -OCH3 is 1. The first kappa shape index (κ1) is 25.0. The lowest BCUT2D eigenvalue weighted by atomic mass is 9.99. The number of benzene rings is 2. The van der Waals surface area contributed by atoms with Crippen LogP contribution in [0.1, 0.15) is 24.7 Å². The van der Waals surface area contributed by atoms with Crippen LogP contribution in [0.2, 0.25) is 10.0 Å². The molecule has 0 unspecified atom stereocenters. The lowest BCUT2D eigenvalue weighted by Crippen LogP contribution is -2.35. The number of fused-ring (bicyclic) bond motifs is 1. The van der Waals surface area contributed by atoms with Gasteiger partial charge in [-0.1, -0.05) is 58.7 Å². The smallest absolute Gasteiger partial charge is 0.246 e. The van der Waals surface area contributed by atoms with Crippen molar-refractivity contribution in [3.05, 3.63) is 64.6 Å². The van der Waals surface area contributed by atoms with E-state index in [2.05, 4.69) is 27.5 Å². The Balaban J connectivity index is 1.62. The average molecular weight is 563 g/mol. The topological polar surface area (TPSA) is 55.3 Å². The molecule has 1 amide bonds. The van der Waals surface area contributed by atoms with Crippen LogP contribution in [0.25, 0.3) is 22.0 Å². The van der Waals surface area contributed by atoms with Crippen molar-refractivity contribution in [1.29, 1.82) is 0 Å². The lowest BCUT2D eigenvalue weighted by molar-refractivity contribution is -0.126. The summed E-state index contributed by atoms with van der Waals surface area (Å²) >= 11 is 16.9. The summed E-state index contributed by atoms with van der Waals surface area (Å²) in [6, 6.07) is 8.01. The monoisotopic (exact) mass is 561 g/mol. The van der Waals surface area contributed by atoms with Gasteiger partial charge in [0.25, 0.3) is 0 Å². The molecule has 0 N–H and O–H groups in total. The van der Waals surface area contributed by atoms with Gasteiger partial charge in [-0.2, -0.15) is 0 Å². The van der Waals surface area contributed by atoms with Crippen LogP contribution >= 0.6 is 39.1 Å². The van der Waals surface area contributed by atoms with E-state index in [0.29, 0.717) is 28.3 Å². The second kappa shape index (κ2) is 10.6. The van der Waals surface area contributed by atoms with Gasteiger partial charge < -0.3 is 9.64 Å². The van der Waals surface area contributed by atoms with Crippen LogP contribution in [0.15, 0.2) is 43.1 Å². The zero-order valence-electron chi connectivity index (χ0n) is 19.2. The molecule has 2 heterocycles. The number of carbonyl (C=O) groups excluding carboxylic acids is 1. The zero-order valence-corrected chi connectivity index (χ0v) is 22.3. The molecular weight excluding hydrogens is 537 g/mol. The van der Waals surface area contributed by atoms with Crippen LogP contribution in [-0.2, 0) is 17.6 Å². The maximum absolute atomic E-state index is 12.2. The van der Waals surface area contributed by atoms with E-state index in [0.717, 1.165) is 58.0 Å². The van der Waals surface area contributed by atoms with Crippen molar-refractivity contribution in [1.82, 2.24) is 14.9 Å². The van der Waals surface area contributed by atoms with E-state index in [4.69, 9.17) is 32.9 Å². The number of nitrogens with zero attached hydrogens (tertiary/aromatic N) is 3. The van der Waals surface area contributed by atoms with Crippen molar-refractivity contribution in [3.63, 3.8) is 0 Å². The molecule has 8 heteroatoms. The maximum Gasteiger partial charge on any atom is 0.246 e. The van der Waals surface area contributed by atoms with Gasteiger partial charge in [0.2, 0.25) is 5.91 Å². The van der Waals surface area contributed by atoms with Gasteiger partial charge in [-0.3, -0.25) is 4.79 Å². The Morgan fingerprint density at radius 2 is 2.12 bits per heavy atom. The van der Waals surface area contributed by atoms with Gasteiger partial charge in [-0.25, -0.2) is 9.97 Å². The molecule has 3 aromatic rings. The normalized spacial score (nSPS) is 17.9. The molecule has 0 radical (unpaired) electrons. The second-order valence-corrected chi connectivity index (χ2v) is 9.87. The molecule has 1 fully saturated rings. The standard InChI is InChI=1S/C26H26BrCl2N3O2/c1-4-16-11-21(34-3)26(29)24(25(16)28)17-6-7-20-18(10-17)13-30-22(31-20)9-15-8-19(12-27)32(14-15)23(33)5-2/h5-7,10-11,13,15,19H,2,4,8-9,12,14H2,1,3H3/t15-,19+/m1/s1. The summed E-state index contributed by atoms with van der Waals surface area (Å²) in [5, 5.41) is 2.77. The summed E-state index contributed by atoms with van der Waals surface area (Å²) in [6.45, 7) is 6.36. The average Bonchev–Trinajstić information content (AvgIpc) is 3.26. The van der Waals surface area contributed by atoms with Gasteiger partial charge in [0.05, 0.1) is 22.7 Å². The minimum atomic E-state index is -0.0278. The fourth-order valence-corrected chi connectivity index (χ4v) is 5.99. The number of rotatable bonds is 7. The molecule has 1 aliphatic heterocycles. The first-order chi connectivity index (χ1) is 16.4. The summed E-state index contributed by atoms with van der Waals surface area (Å²) in [6.07, 6.45) is 5.62. The minimum absolute atomic E-state index is 0.0278. The highest BCUT2D eigenvalue weighted by atomic mass is 79.9. The lowest BCUT2D eigenvalue weighted by Gasteiger charge is -2.21. The zero-order chi connectivity index (χ0) is 24.4. The fourth-order valence-electron chi connectivity index (χ4n) is 4.60. The molecule has 2 atom stereocenters. The Bertz CT molecular complexity index is 1220. The van der Waals surface area contributed by atoms with E-state index in [1.165, 1.54) is 6.08 Å². The predicted octanol–water partition coefficient (Wildman–Crippen LogP) is 6.52. The summed E-state index contributed by atoms with van der Waals surface area (Å²) in [7, 11) is 1.60. The second-order valence-electron chi connectivity index (χ2n) is 8.46. The number of aryl methyl sites for hydroxylation is 1. The summed E-state index contributed by atoms with van der Waals surface area (Å²) in [5.41, 5.74) is 3.48. The number of hydrogen-bond donors (Lipinski definition) is 0. The third-order valence-corrected chi connectivity index (χ3v) is 7.92. The predicted molar refractivity (Wildman–Crippen MR) is 142 cm³/mol. The Hall–Kier alpha value is -2.15. The number of ether oxygens (including phenoxy) is 1. The van der Waals surface area contributed by atoms with Crippen molar-refractivity contribution < 1.29 is 9.53 Å². The third kappa shape index (κ3) is 4.81. The quantitative estimate of drug-likeness (QED) is 0.243. The van der Waals surface area contributed by atoms with Crippen LogP contribution in [0, 0.1) is 5.92 Å². The molecule has 1 aliphatic rings. The minimum Gasteiger partial charge on any atom is -0.495 e. The third-order valence-electron chi connectivity index (χ3n) is 6.37. The van der Waals surface area contributed by atoms with Gasteiger partial charge >= 0.3 is 0 Å². The molecule has 2 aromatic carbocycles. The van der Waals surface area contributed by atoms with Crippen molar-refractivity contribution in [2.24, 2.45) is 5.92 Å². The Labute approximate surface area is 218 Å². The van der Waals surface area contributed by atoms with E-state index in [1.54, 1.807) is 7.11 Å². The highest BCUT2D eigenvalue weighted by Gasteiger charge is 2.33. The molecule has 34 heavy (non-hydrogen) atoms. The summed E-state index contributed by atoms with van der Waals surface area (Å²) < 4.78 is 5.47. The molecule has 1 aromatic heterocycles. The van der Waals surface area contributed by atoms with Gasteiger partial charge in [0, 0.05) is 41.5 Å². The number of carbonyl (C=O) groups is 1. The molecule has 178 valence electrons. The molecular formula is C26H26BrCl2N3O2. The SMILES string of the molecule is C=CC(=O)N1C[C@@H](Cc2ncc3cc(-c4c(Cl)c(CC)cc(OC)c4Cl)ccc3n2)C[C@H]1CBr. The fraction of sp³-hybridized carbons (Fsp3) is 0.346. The first-order valence-corrected chi connectivity index (χ1v) is 13.1. The Kier molecular flexibility index (Phi) is 7.80. The number of aromatic nitrogens is 2. The van der Waals surface area contributed by atoms with Crippen LogP contribution in [0.3, 0.4) is 0 Å². The Morgan fingerprint density at radius 3 is 2.79 bits per heavy atom. The number of likely N-dealkylation sites (tertiary alicyclic amines) is 1. The van der Waals surface area contributed by atoms with Crippen molar-refractivity contribution in [2.45, 2.75) is 32.2 Å². The largest absolute Gasteiger partial charge is 0.495 e. The molecule has 5 nitrogen and oxygen atoms in total. The van der Waals surface area contributed by atoms with Crippen molar-refractivity contribution >= 4 is 55.9 Å². The Morgan fingerprint density at radius 1 is 1.32 bits per heavy atom.